The molecule has 0 bridgehead atoms. The maximum atomic E-state index is 13.6. The summed E-state index contributed by atoms with van der Waals surface area (Å²) in [7, 11) is 0. The minimum Gasteiger partial charge on any atom is -0.479 e. The van der Waals surface area contributed by atoms with Gasteiger partial charge in [-0.15, -0.1) is 0 Å². The predicted molar refractivity (Wildman–Crippen MR) is 78.3 cm³/mol. The molecule has 6 nitrogen and oxygen atoms in total. The smallest absolute Gasteiger partial charge is 0.314 e. The third kappa shape index (κ3) is 3.88. The van der Waals surface area contributed by atoms with Gasteiger partial charge in [0.2, 0.25) is 5.75 Å². The van der Waals surface area contributed by atoms with Gasteiger partial charge in [0.25, 0.3) is 0 Å². The molecule has 0 aliphatic heterocycles. The Labute approximate surface area is 124 Å². The topological polar surface area (TPSA) is 77.3 Å². The van der Waals surface area contributed by atoms with Crippen molar-refractivity contribution in [3.05, 3.63) is 45.2 Å². The summed E-state index contributed by atoms with van der Waals surface area (Å²) in [5.74, 6) is -1.10. The zero-order chi connectivity index (χ0) is 15.2. The van der Waals surface area contributed by atoms with Crippen molar-refractivity contribution in [3.8, 4) is 5.75 Å². The molecule has 1 N–H and O–H groups in total. The van der Waals surface area contributed by atoms with Gasteiger partial charge in [0.15, 0.2) is 10.9 Å². The van der Waals surface area contributed by atoms with Crippen LogP contribution < -0.4 is 10.1 Å². The zero-order valence-corrected chi connectivity index (χ0v) is 12.2. The highest BCUT2D eigenvalue weighted by Crippen LogP contribution is 2.31. The van der Waals surface area contributed by atoms with Crippen molar-refractivity contribution in [3.63, 3.8) is 0 Å². The van der Waals surface area contributed by atoms with Gasteiger partial charge >= 0.3 is 5.69 Å². The molecule has 2 aromatic rings. The first-order valence-corrected chi connectivity index (χ1v) is 7.17. The minimum atomic E-state index is -0.752. The van der Waals surface area contributed by atoms with Gasteiger partial charge in [-0.25, -0.2) is 9.37 Å². The molecule has 0 radical (unpaired) electrons. The molecule has 1 aromatic heterocycles. The Balaban J connectivity index is 2.06. The van der Waals surface area contributed by atoms with Gasteiger partial charge in [0.1, 0.15) is 6.61 Å². The number of ether oxygens (including phenoxy) is 1. The molecule has 8 heteroatoms. The number of hydrogen-bond donors (Lipinski definition) is 1. The number of para-hydroxylation sites is 1. The average molecular weight is 311 g/mol. The van der Waals surface area contributed by atoms with Gasteiger partial charge in [0, 0.05) is 18.8 Å². The summed E-state index contributed by atoms with van der Waals surface area (Å²) >= 11 is 1.37. The maximum Gasteiger partial charge on any atom is 0.314 e. The van der Waals surface area contributed by atoms with E-state index in [1.807, 2.05) is 6.92 Å². The first-order valence-electron chi connectivity index (χ1n) is 6.36. The second-order valence-corrected chi connectivity index (χ2v) is 5.31. The highest BCUT2D eigenvalue weighted by Gasteiger charge is 2.19. The number of nitrogens with zero attached hydrogens (tertiary/aromatic N) is 2. The largest absolute Gasteiger partial charge is 0.479 e. The van der Waals surface area contributed by atoms with Crippen molar-refractivity contribution in [1.29, 1.82) is 0 Å². The van der Waals surface area contributed by atoms with Crippen molar-refractivity contribution < 1.29 is 14.1 Å². The van der Waals surface area contributed by atoms with E-state index in [9.17, 15) is 14.5 Å². The Morgan fingerprint density at radius 3 is 3.05 bits per heavy atom. The van der Waals surface area contributed by atoms with Crippen LogP contribution in [0.4, 0.5) is 15.2 Å². The van der Waals surface area contributed by atoms with Crippen LogP contribution in [0.2, 0.25) is 0 Å². The van der Waals surface area contributed by atoms with E-state index in [-0.39, 0.29) is 18.0 Å². The molecule has 112 valence electrons. The van der Waals surface area contributed by atoms with Crippen LogP contribution in [0, 0.1) is 15.9 Å². The highest BCUT2D eigenvalue weighted by molar-refractivity contribution is 7.15. The number of thiazole rings is 1. The molecular weight excluding hydrogens is 297 g/mol. The van der Waals surface area contributed by atoms with Crippen LogP contribution in [-0.2, 0) is 6.61 Å². The van der Waals surface area contributed by atoms with Gasteiger partial charge in [-0.2, -0.15) is 0 Å². The summed E-state index contributed by atoms with van der Waals surface area (Å²) in [4.78, 5) is 15.1. The van der Waals surface area contributed by atoms with E-state index in [1.54, 1.807) is 6.20 Å². The zero-order valence-electron chi connectivity index (χ0n) is 11.3. The van der Waals surface area contributed by atoms with Crippen LogP contribution in [0.1, 0.15) is 18.2 Å². The fourth-order valence-corrected chi connectivity index (χ4v) is 2.37. The Morgan fingerprint density at radius 2 is 2.33 bits per heavy atom. The number of nitro groups is 1. The molecule has 0 saturated carbocycles. The van der Waals surface area contributed by atoms with Crippen molar-refractivity contribution in [2.24, 2.45) is 0 Å². The Hall–Kier alpha value is -2.22. The lowest BCUT2D eigenvalue weighted by Crippen LogP contribution is -2.00. The number of nitro benzene ring substituents is 1. The first-order chi connectivity index (χ1) is 10.1. The normalized spacial score (nSPS) is 10.4. The minimum absolute atomic E-state index is 0.0350. The Kier molecular flexibility index (Phi) is 5.04. The molecule has 0 spiro atoms. The van der Waals surface area contributed by atoms with E-state index in [2.05, 4.69) is 10.3 Å². The van der Waals surface area contributed by atoms with Gasteiger partial charge in [0.05, 0.1) is 9.80 Å². The number of anilines is 1. The predicted octanol–water partition coefficient (Wildman–Crippen LogP) is 3.59. The number of hydrogen-bond acceptors (Lipinski definition) is 6. The Morgan fingerprint density at radius 1 is 1.52 bits per heavy atom. The average Bonchev–Trinajstić information content (AvgIpc) is 2.91. The monoisotopic (exact) mass is 311 g/mol. The van der Waals surface area contributed by atoms with E-state index in [0.29, 0.717) is 0 Å². The standard InChI is InChI=1S/C13H14FN3O3S/c1-2-6-15-13-16-7-9(21-13)8-20-12-10(14)4-3-5-11(12)17(18)19/h3-5,7H,2,6,8H2,1H3,(H,15,16). The summed E-state index contributed by atoms with van der Waals surface area (Å²) < 4.78 is 18.9. The third-order valence-electron chi connectivity index (χ3n) is 2.58. The quantitative estimate of drug-likeness (QED) is 0.624. The van der Waals surface area contributed by atoms with E-state index in [1.165, 1.54) is 23.5 Å². The summed E-state index contributed by atoms with van der Waals surface area (Å²) in [6, 6.07) is 3.61. The second-order valence-electron chi connectivity index (χ2n) is 4.19. The molecule has 21 heavy (non-hydrogen) atoms. The molecule has 1 aromatic carbocycles. The summed E-state index contributed by atoms with van der Waals surface area (Å²) in [6.45, 7) is 2.89. The van der Waals surface area contributed by atoms with Gasteiger partial charge in [-0.3, -0.25) is 10.1 Å². The molecular formula is C13H14FN3O3S. The third-order valence-corrected chi connectivity index (χ3v) is 3.51. The molecule has 0 unspecified atom stereocenters. The van der Waals surface area contributed by atoms with Crippen molar-refractivity contribution in [2.45, 2.75) is 20.0 Å². The van der Waals surface area contributed by atoms with Crippen LogP contribution >= 0.6 is 11.3 Å². The lowest BCUT2D eigenvalue weighted by molar-refractivity contribution is -0.386. The van der Waals surface area contributed by atoms with Crippen LogP contribution in [0.5, 0.6) is 5.75 Å². The van der Waals surface area contributed by atoms with Gasteiger partial charge in [-0.1, -0.05) is 24.3 Å². The molecule has 0 aliphatic rings. The lowest BCUT2D eigenvalue weighted by atomic mass is 10.3. The molecule has 1 heterocycles. The Bertz CT molecular complexity index is 633. The molecule has 0 atom stereocenters. The van der Waals surface area contributed by atoms with Crippen LogP contribution in [0.25, 0.3) is 0 Å². The number of nitrogens with one attached hydrogen (secondary N) is 1. The summed E-state index contributed by atoms with van der Waals surface area (Å²) in [5, 5.41) is 14.7. The molecule has 0 amide bonds. The molecule has 0 fully saturated rings. The highest BCUT2D eigenvalue weighted by atomic mass is 32.1. The van der Waals surface area contributed by atoms with E-state index in [0.717, 1.165) is 29.0 Å². The first kappa shape index (κ1) is 15.2. The molecule has 0 saturated heterocycles. The fourth-order valence-electron chi connectivity index (χ4n) is 1.62. The number of rotatable bonds is 7. The summed E-state index contributed by atoms with van der Waals surface area (Å²) in [5.41, 5.74) is -0.385. The van der Waals surface area contributed by atoms with E-state index < -0.39 is 10.7 Å². The van der Waals surface area contributed by atoms with Crippen LogP contribution in [0.15, 0.2) is 24.4 Å². The fraction of sp³-hybridized carbons (Fsp3) is 0.308. The lowest BCUT2D eigenvalue weighted by Gasteiger charge is -2.05. The van der Waals surface area contributed by atoms with E-state index >= 15 is 0 Å². The number of aromatic nitrogens is 1. The van der Waals surface area contributed by atoms with Crippen LogP contribution in [-0.4, -0.2) is 16.5 Å². The van der Waals surface area contributed by atoms with Crippen molar-refractivity contribution in [2.75, 3.05) is 11.9 Å². The number of benzene rings is 1. The maximum absolute atomic E-state index is 13.6. The van der Waals surface area contributed by atoms with Crippen LogP contribution in [0.3, 0.4) is 0 Å². The summed E-state index contributed by atoms with van der Waals surface area (Å²) in [6.07, 6.45) is 2.59. The SMILES string of the molecule is CCCNc1ncc(COc2c(F)cccc2[N+](=O)[O-])s1. The van der Waals surface area contributed by atoms with Gasteiger partial charge in [-0.05, 0) is 12.5 Å². The van der Waals surface area contributed by atoms with Crippen molar-refractivity contribution in [1.82, 2.24) is 4.98 Å². The van der Waals surface area contributed by atoms with Gasteiger partial charge < -0.3 is 10.1 Å². The second kappa shape index (κ2) is 6.98. The molecule has 0 aliphatic carbocycles. The van der Waals surface area contributed by atoms with Crippen molar-refractivity contribution >= 4 is 22.2 Å². The molecule has 2 rings (SSSR count). The van der Waals surface area contributed by atoms with E-state index in [4.69, 9.17) is 4.74 Å². The number of halogens is 1.